The number of fused-ring (bicyclic) bond motifs is 1. The van der Waals surface area contributed by atoms with Crippen LogP contribution in [0.4, 0.5) is 11.4 Å². The molecule has 62 heavy (non-hydrogen) atoms. The Labute approximate surface area is 361 Å². The Morgan fingerprint density at radius 3 is 2.32 bits per heavy atom. The minimum atomic E-state index is -0.406. The molecule has 0 radical (unpaired) electrons. The summed E-state index contributed by atoms with van der Waals surface area (Å²) < 4.78 is 5.25. The monoisotopic (exact) mass is 834 g/mol. The van der Waals surface area contributed by atoms with E-state index in [2.05, 4.69) is 106 Å². The maximum atomic E-state index is 12.9. The van der Waals surface area contributed by atoms with Crippen molar-refractivity contribution in [2.24, 2.45) is 5.92 Å². The average molecular weight is 835 g/mol. The number of benzene rings is 3. The van der Waals surface area contributed by atoms with Gasteiger partial charge in [-0.2, -0.15) is 4.98 Å². The number of nitrogens with one attached hydrogen (secondary N) is 3. The summed E-state index contributed by atoms with van der Waals surface area (Å²) in [6, 6.07) is 25.2. The van der Waals surface area contributed by atoms with Crippen LogP contribution in [0.15, 0.2) is 83.6 Å². The number of carbonyl (C=O) groups excluding carboxylic acids is 3. The summed E-state index contributed by atoms with van der Waals surface area (Å²) in [6.45, 7) is 17.1. The van der Waals surface area contributed by atoms with Gasteiger partial charge >= 0.3 is 11.8 Å². The van der Waals surface area contributed by atoms with Gasteiger partial charge in [0.05, 0.1) is 17.7 Å². The molecule has 3 fully saturated rings. The second-order valence-corrected chi connectivity index (χ2v) is 18.1. The van der Waals surface area contributed by atoms with E-state index in [0.717, 1.165) is 96.1 Å². The van der Waals surface area contributed by atoms with Gasteiger partial charge in [-0.15, -0.1) is 0 Å². The number of piperazine rings is 1. The van der Waals surface area contributed by atoms with E-state index in [4.69, 9.17) is 9.51 Å². The highest BCUT2D eigenvalue weighted by atomic mass is 16.5. The number of imide groups is 1. The molecule has 0 aliphatic carbocycles. The number of rotatable bonds is 10. The first-order valence-corrected chi connectivity index (χ1v) is 21.7. The third kappa shape index (κ3) is 8.56. The fourth-order valence-corrected chi connectivity index (χ4v) is 9.14. The minimum absolute atomic E-state index is 0.0458. The smallest absolute Gasteiger partial charge is 0.315 e. The Balaban J connectivity index is 0.784. The summed E-state index contributed by atoms with van der Waals surface area (Å²) in [7, 11) is 0. The fourth-order valence-electron chi connectivity index (χ4n) is 9.14. The lowest BCUT2D eigenvalue weighted by Gasteiger charge is -2.37. The number of anilines is 2. The van der Waals surface area contributed by atoms with Gasteiger partial charge < -0.3 is 24.6 Å². The van der Waals surface area contributed by atoms with Crippen LogP contribution in [-0.2, 0) is 15.0 Å². The number of amides is 3. The van der Waals surface area contributed by atoms with Crippen molar-refractivity contribution in [1.82, 2.24) is 40.6 Å². The molecular formula is C48H54N10O4. The zero-order valence-electron chi connectivity index (χ0n) is 36.1. The molecule has 14 nitrogen and oxygen atoms in total. The molecule has 0 bridgehead atoms. The fraction of sp³-hybridized carbons (Fsp3) is 0.396. The summed E-state index contributed by atoms with van der Waals surface area (Å²) in [5.74, 6) is 0.0455. The van der Waals surface area contributed by atoms with Gasteiger partial charge in [-0.25, -0.2) is 9.97 Å². The Morgan fingerprint density at radius 1 is 0.887 bits per heavy atom. The second-order valence-electron chi connectivity index (χ2n) is 18.1. The number of H-pyrrole nitrogens is 1. The average Bonchev–Trinajstić information content (AvgIpc) is 4.05. The molecule has 3 atom stereocenters. The van der Waals surface area contributed by atoms with E-state index in [1.54, 1.807) is 6.33 Å². The highest BCUT2D eigenvalue weighted by molar-refractivity contribution is 6.01. The molecule has 3 aromatic carbocycles. The van der Waals surface area contributed by atoms with Crippen LogP contribution in [0.1, 0.15) is 92.1 Å². The van der Waals surface area contributed by atoms with E-state index in [-0.39, 0.29) is 35.1 Å². The zero-order chi connectivity index (χ0) is 43.1. The summed E-state index contributed by atoms with van der Waals surface area (Å²) in [5, 5.41) is 10.4. The van der Waals surface area contributed by atoms with Crippen LogP contribution < -0.4 is 20.4 Å². The van der Waals surface area contributed by atoms with Crippen LogP contribution in [0.3, 0.4) is 0 Å². The number of aromatic nitrogens is 5. The molecule has 0 spiro atoms. The molecule has 0 saturated carbocycles. The van der Waals surface area contributed by atoms with Crippen molar-refractivity contribution >= 4 is 40.1 Å². The van der Waals surface area contributed by atoms with Crippen LogP contribution >= 0.6 is 0 Å². The highest BCUT2D eigenvalue weighted by Crippen LogP contribution is 2.34. The molecule has 3 aliphatic heterocycles. The first kappa shape index (κ1) is 41.0. The molecule has 2 unspecified atom stereocenters. The van der Waals surface area contributed by atoms with Crippen LogP contribution in [0.25, 0.3) is 33.5 Å². The molecule has 6 heterocycles. The number of aryl methyl sites for hydroxylation is 1. The summed E-state index contributed by atoms with van der Waals surface area (Å²) in [6.07, 6.45) is 3.74. The Bertz CT molecular complexity index is 2600. The molecule has 320 valence electrons. The third-order valence-corrected chi connectivity index (χ3v) is 12.7. The van der Waals surface area contributed by atoms with Gasteiger partial charge in [0.15, 0.2) is 5.82 Å². The highest BCUT2D eigenvalue weighted by Gasteiger charge is 2.30. The van der Waals surface area contributed by atoms with Gasteiger partial charge in [0.1, 0.15) is 12.0 Å². The van der Waals surface area contributed by atoms with Crippen molar-refractivity contribution in [2.75, 3.05) is 55.6 Å². The topological polar surface area (TPSA) is 165 Å². The van der Waals surface area contributed by atoms with Gasteiger partial charge in [-0.3, -0.25) is 24.6 Å². The predicted molar refractivity (Wildman–Crippen MR) is 239 cm³/mol. The molecule has 6 aromatic rings. The SMILES string of the molecule is Cc1cc(-c2ncnc3[nH]c(-c4ccc(N5CCN(CC6CCN(c7ccc(C8CCC(=O)NC8=O)cc7)C6)CC5)cc4)cc23)ccc1[C@@H](C)NC(=O)c1nc(C(C)(C)C)no1. The van der Waals surface area contributed by atoms with Crippen LogP contribution in [-0.4, -0.2) is 93.5 Å². The maximum Gasteiger partial charge on any atom is 0.315 e. The molecule has 3 saturated heterocycles. The molecule has 3 N–H and O–H groups in total. The van der Waals surface area contributed by atoms with Crippen molar-refractivity contribution in [2.45, 2.75) is 71.3 Å². The number of aromatic amines is 1. The van der Waals surface area contributed by atoms with Crippen LogP contribution in [0, 0.1) is 12.8 Å². The van der Waals surface area contributed by atoms with Crippen LogP contribution in [0.5, 0.6) is 0 Å². The van der Waals surface area contributed by atoms with E-state index in [9.17, 15) is 14.4 Å². The Morgan fingerprint density at radius 2 is 1.61 bits per heavy atom. The molecule has 9 rings (SSSR count). The Kier molecular flexibility index (Phi) is 11.1. The van der Waals surface area contributed by atoms with E-state index in [0.29, 0.717) is 24.6 Å². The number of piperidine rings is 1. The normalized spacial score (nSPS) is 19.2. The van der Waals surface area contributed by atoms with Crippen molar-refractivity contribution in [3.63, 3.8) is 0 Å². The summed E-state index contributed by atoms with van der Waals surface area (Å²) in [5.41, 5.74) is 9.73. The van der Waals surface area contributed by atoms with Crippen molar-refractivity contribution in [3.8, 4) is 22.5 Å². The zero-order valence-corrected chi connectivity index (χ0v) is 36.1. The van der Waals surface area contributed by atoms with E-state index >= 15 is 0 Å². The van der Waals surface area contributed by atoms with E-state index in [1.807, 2.05) is 46.8 Å². The van der Waals surface area contributed by atoms with Gasteiger partial charge in [0.25, 0.3) is 0 Å². The number of nitrogens with zero attached hydrogens (tertiary/aromatic N) is 7. The van der Waals surface area contributed by atoms with Crippen LogP contribution in [0.2, 0.25) is 0 Å². The third-order valence-electron chi connectivity index (χ3n) is 12.7. The standard InChI is InChI=1S/C48H54N10O4/c1-29-24-34(10-15-37(29)30(2)51-45(61)46-54-47(55-62-46)48(3,4)5)42-39-25-40(52-43(39)50-28-49-42)33-8-13-35(14-9-33)57-22-20-56(21-23-57)26-31-18-19-58(27-31)36-11-6-32(7-12-36)38-16-17-41(59)53-44(38)60/h6-15,24-25,28,30-31,38H,16-23,26-27H2,1-5H3,(H,51,61)(H,49,50,52)(H,53,59,60)/t30-,31?,38?/m1/s1. The van der Waals surface area contributed by atoms with Gasteiger partial charge in [0, 0.05) is 85.7 Å². The van der Waals surface area contributed by atoms with Crippen molar-refractivity contribution in [1.29, 1.82) is 0 Å². The molecule has 3 aromatic heterocycles. The number of hydrogen-bond acceptors (Lipinski definition) is 11. The Hall–Kier alpha value is -6.41. The lowest BCUT2D eigenvalue weighted by molar-refractivity contribution is -0.134. The summed E-state index contributed by atoms with van der Waals surface area (Å²) >= 11 is 0. The van der Waals surface area contributed by atoms with E-state index in [1.165, 1.54) is 17.8 Å². The number of hydrogen-bond donors (Lipinski definition) is 3. The molecular weight excluding hydrogens is 781 g/mol. The first-order chi connectivity index (χ1) is 29.9. The lowest BCUT2D eigenvalue weighted by Crippen LogP contribution is -2.48. The quantitative estimate of drug-likeness (QED) is 0.123. The van der Waals surface area contributed by atoms with Crippen molar-refractivity contribution < 1.29 is 18.9 Å². The predicted octanol–water partition coefficient (Wildman–Crippen LogP) is 6.94. The van der Waals surface area contributed by atoms with Gasteiger partial charge in [-0.1, -0.05) is 62.3 Å². The first-order valence-electron chi connectivity index (χ1n) is 21.7. The van der Waals surface area contributed by atoms with Gasteiger partial charge in [0.2, 0.25) is 11.8 Å². The lowest BCUT2D eigenvalue weighted by atomic mass is 9.90. The van der Waals surface area contributed by atoms with Gasteiger partial charge in [-0.05, 0) is 91.3 Å². The molecule has 3 aliphatic rings. The maximum absolute atomic E-state index is 12.9. The largest absolute Gasteiger partial charge is 0.371 e. The van der Waals surface area contributed by atoms with E-state index < -0.39 is 5.91 Å². The van der Waals surface area contributed by atoms with Crippen molar-refractivity contribution in [3.05, 3.63) is 108 Å². The minimum Gasteiger partial charge on any atom is -0.371 e. The summed E-state index contributed by atoms with van der Waals surface area (Å²) in [4.78, 5) is 61.5. The number of carbonyl (C=O) groups is 3. The second kappa shape index (κ2) is 16.8. The molecule has 14 heteroatoms. The molecule has 3 amide bonds.